The Morgan fingerprint density at radius 2 is 1.21 bits per heavy atom. The number of fused-ring (bicyclic) bond motifs is 2. The van der Waals surface area contributed by atoms with Crippen molar-refractivity contribution < 1.29 is 42.1 Å². The lowest BCUT2D eigenvalue weighted by molar-refractivity contribution is -0.127. The fourth-order valence-electron chi connectivity index (χ4n) is 9.42. The van der Waals surface area contributed by atoms with Crippen molar-refractivity contribution in [2.24, 2.45) is 0 Å². The molecular weight excluding hydrogens is 986 g/mol. The number of nitrogens with zero attached hydrogens (tertiary/aromatic N) is 7. The van der Waals surface area contributed by atoms with Gasteiger partial charge in [-0.15, -0.1) is 0 Å². The molecule has 3 aliphatic heterocycles. The van der Waals surface area contributed by atoms with Gasteiger partial charge in [-0.05, 0) is 93.5 Å². The average Bonchev–Trinajstić information content (AvgIpc) is 3.83. The zero-order valence-corrected chi connectivity index (χ0v) is 42.2. The lowest BCUT2D eigenvalue weighted by atomic mass is 9.93. The van der Waals surface area contributed by atoms with E-state index >= 15 is 0 Å². The molecule has 4 aromatic carbocycles. The molecule has 386 valence electrons. The molecule has 4 aliphatic rings. The number of amides is 3. The van der Waals surface area contributed by atoms with Crippen LogP contribution in [0.2, 0.25) is 10.0 Å². The first-order valence-corrected chi connectivity index (χ1v) is 25.3. The van der Waals surface area contributed by atoms with Gasteiger partial charge in [0.1, 0.15) is 42.0 Å². The largest absolute Gasteiger partial charge is 0.493 e. The number of rotatable bonds is 14. The summed E-state index contributed by atoms with van der Waals surface area (Å²) in [7, 11) is 3.20. The first kappa shape index (κ1) is 51.4. The number of carbonyl (C=O) groups is 2. The van der Waals surface area contributed by atoms with Gasteiger partial charge in [0.05, 0.1) is 54.6 Å². The number of ether oxygens (including phenoxy) is 5. The first-order valence-electron chi connectivity index (χ1n) is 24.6. The van der Waals surface area contributed by atoms with Gasteiger partial charge in [0, 0.05) is 92.6 Å². The van der Waals surface area contributed by atoms with E-state index in [0.29, 0.717) is 89.8 Å². The molecule has 4 fully saturated rings. The van der Waals surface area contributed by atoms with E-state index in [9.17, 15) is 18.4 Å². The van der Waals surface area contributed by atoms with Gasteiger partial charge in [0.25, 0.3) is 0 Å². The average molecular weight is 1040 g/mol. The number of aromatic nitrogens is 4. The number of methoxy groups -OCH3 is 2. The molecule has 1 aliphatic carbocycles. The number of likely N-dealkylation sites (tertiary alicyclic amines) is 2. The summed E-state index contributed by atoms with van der Waals surface area (Å²) < 4.78 is 56.4. The maximum atomic E-state index is 13.6. The lowest BCUT2D eigenvalue weighted by Crippen LogP contribution is -2.50. The van der Waals surface area contributed by atoms with E-state index in [1.165, 1.54) is 36.9 Å². The molecule has 0 bridgehead atoms. The van der Waals surface area contributed by atoms with E-state index in [-0.39, 0.29) is 40.2 Å². The van der Waals surface area contributed by atoms with Crippen molar-refractivity contribution >= 4 is 80.0 Å². The Balaban J connectivity index is 0.000000180. The topological polar surface area (TPSA) is 178 Å². The molecule has 0 atom stereocenters. The second-order valence-corrected chi connectivity index (χ2v) is 19.1. The Kier molecular flexibility index (Phi) is 16.9. The maximum Gasteiger partial charge on any atom is 0.317 e. The van der Waals surface area contributed by atoms with E-state index in [4.69, 9.17) is 46.9 Å². The molecule has 0 spiro atoms. The van der Waals surface area contributed by atoms with Gasteiger partial charge in [-0.3, -0.25) is 4.79 Å². The molecule has 17 nitrogen and oxygen atoms in total. The van der Waals surface area contributed by atoms with Crippen molar-refractivity contribution in [2.75, 3.05) is 83.9 Å². The predicted molar refractivity (Wildman–Crippen MR) is 275 cm³/mol. The number of urea groups is 1. The van der Waals surface area contributed by atoms with Gasteiger partial charge in [-0.2, -0.15) is 0 Å². The van der Waals surface area contributed by atoms with Crippen LogP contribution in [-0.2, 0) is 9.53 Å². The van der Waals surface area contributed by atoms with Crippen molar-refractivity contribution in [1.82, 2.24) is 40.0 Å². The molecule has 21 heteroatoms. The van der Waals surface area contributed by atoms with Crippen LogP contribution in [0, 0.1) is 11.6 Å². The minimum absolute atomic E-state index is 0.0140. The maximum absolute atomic E-state index is 13.6. The number of hydrogen-bond acceptors (Lipinski definition) is 14. The Hall–Kier alpha value is -6.54. The summed E-state index contributed by atoms with van der Waals surface area (Å²) in [4.78, 5) is 48.0. The Morgan fingerprint density at radius 1 is 0.671 bits per heavy atom. The number of morpholine rings is 1. The molecule has 0 unspecified atom stereocenters. The monoisotopic (exact) mass is 1040 g/mol. The number of halogens is 4. The van der Waals surface area contributed by atoms with E-state index in [1.807, 2.05) is 29.2 Å². The number of carbonyl (C=O) groups excluding carboxylic acids is 2. The van der Waals surface area contributed by atoms with E-state index in [0.717, 1.165) is 88.4 Å². The van der Waals surface area contributed by atoms with Gasteiger partial charge in [0.2, 0.25) is 5.91 Å². The van der Waals surface area contributed by atoms with Crippen LogP contribution in [0.25, 0.3) is 21.8 Å². The lowest BCUT2D eigenvalue weighted by Gasteiger charge is -2.33. The van der Waals surface area contributed by atoms with Crippen LogP contribution in [0.5, 0.6) is 23.0 Å². The van der Waals surface area contributed by atoms with Crippen LogP contribution < -0.4 is 34.9 Å². The number of hydrogen-bond donors (Lipinski definition) is 3. The van der Waals surface area contributed by atoms with Gasteiger partial charge < -0.3 is 54.3 Å². The van der Waals surface area contributed by atoms with E-state index in [1.54, 1.807) is 31.3 Å². The van der Waals surface area contributed by atoms with Crippen molar-refractivity contribution in [1.29, 1.82) is 0 Å². The molecule has 73 heavy (non-hydrogen) atoms. The number of benzene rings is 4. The molecule has 0 radical (unpaired) electrons. The van der Waals surface area contributed by atoms with Crippen LogP contribution in [0.4, 0.5) is 36.6 Å². The number of nitrogens with one attached hydrogen (secondary N) is 3. The summed E-state index contributed by atoms with van der Waals surface area (Å²) in [5.74, 6) is 2.79. The molecule has 5 heterocycles. The fourth-order valence-corrected chi connectivity index (χ4v) is 9.78. The van der Waals surface area contributed by atoms with Gasteiger partial charge in [0.15, 0.2) is 23.0 Å². The van der Waals surface area contributed by atoms with Crippen molar-refractivity contribution in [3.63, 3.8) is 0 Å². The zero-order valence-electron chi connectivity index (χ0n) is 40.7. The second kappa shape index (κ2) is 24.0. The molecule has 3 saturated heterocycles. The van der Waals surface area contributed by atoms with Gasteiger partial charge >= 0.3 is 6.03 Å². The van der Waals surface area contributed by atoms with Gasteiger partial charge in [-0.1, -0.05) is 23.2 Å². The molecule has 10 rings (SSSR count). The highest BCUT2D eigenvalue weighted by Crippen LogP contribution is 2.39. The summed E-state index contributed by atoms with van der Waals surface area (Å²) in [6, 6.07) is 16.3. The second-order valence-electron chi connectivity index (χ2n) is 18.3. The van der Waals surface area contributed by atoms with Crippen molar-refractivity contribution in [3.05, 3.63) is 95.0 Å². The molecule has 3 amide bonds. The number of anilines is 4. The Bertz CT molecular complexity index is 2900. The van der Waals surface area contributed by atoms with Crippen LogP contribution in [0.15, 0.2) is 73.3 Å². The Morgan fingerprint density at radius 3 is 1.70 bits per heavy atom. The third-order valence-corrected chi connectivity index (χ3v) is 14.1. The zero-order chi connectivity index (χ0) is 50.8. The third-order valence-electron chi connectivity index (χ3n) is 13.5. The van der Waals surface area contributed by atoms with Crippen LogP contribution in [0.1, 0.15) is 51.4 Å². The quantitative estimate of drug-likeness (QED) is 0.0940. The minimum Gasteiger partial charge on any atom is -0.493 e. The predicted octanol–water partition coefficient (Wildman–Crippen LogP) is 9.55. The van der Waals surface area contributed by atoms with Crippen LogP contribution in [0.3, 0.4) is 0 Å². The molecular formula is C52H58Cl2F2N10O7. The first-order chi connectivity index (χ1) is 35.5. The normalized spacial score (nSPS) is 18.5. The number of piperidine rings is 1. The summed E-state index contributed by atoms with van der Waals surface area (Å²) in [6.45, 7) is 6.85. The molecule has 6 aromatic rings. The Labute approximate surface area is 431 Å². The highest BCUT2D eigenvalue weighted by atomic mass is 35.5. The SMILES string of the molecule is COc1cc2ncnc(Nc3ccc(F)c(Cl)c3)c2cc1OC1CCC(NC(=O)N2CCOCC2)CC1.COc1cc2ncnc(Nc3ccc(F)c(Cl)c3)c2cc1OC1CCN(CCN2CCCC2=O)CC1. The van der Waals surface area contributed by atoms with Crippen molar-refractivity contribution in [2.45, 2.75) is 69.6 Å². The smallest absolute Gasteiger partial charge is 0.317 e. The molecule has 3 N–H and O–H groups in total. The summed E-state index contributed by atoms with van der Waals surface area (Å²) in [6.07, 6.45) is 9.65. The standard InChI is InChI=1S/C26H29ClFN5O4.C26H29ClFN5O3/c1-35-23-14-22-19(25(30-15-29-22)31-17-4-7-21(28)20(27)12-17)13-24(23)37-18-5-2-16(3-6-18)32-26(34)33-8-10-36-11-9-33;1-35-23-15-22-19(26(30-16-29-22)31-17-4-5-21(28)20(27)13-17)14-24(23)36-18-6-9-32(10-7-18)11-12-33-8-2-3-25(33)34/h4,7,12-16,18H,2-3,5-6,8-11H2,1H3,(H,32,34)(H,29,30,31);4-5,13-16,18H,2-3,6-12H2,1H3,(H,29,30,31). The van der Waals surface area contributed by atoms with E-state index < -0.39 is 11.6 Å². The molecule has 1 saturated carbocycles. The fraction of sp³-hybridized carbons (Fsp3) is 0.423. The summed E-state index contributed by atoms with van der Waals surface area (Å²) in [5, 5.41) is 11.1. The highest BCUT2D eigenvalue weighted by molar-refractivity contribution is 6.31. The van der Waals surface area contributed by atoms with Crippen LogP contribution in [-0.4, -0.2) is 138 Å². The van der Waals surface area contributed by atoms with E-state index in [2.05, 4.69) is 40.8 Å². The summed E-state index contributed by atoms with van der Waals surface area (Å²) in [5.41, 5.74) is 2.57. The minimum atomic E-state index is -0.490. The highest BCUT2D eigenvalue weighted by Gasteiger charge is 2.28. The van der Waals surface area contributed by atoms with Crippen LogP contribution >= 0.6 is 23.2 Å². The van der Waals surface area contributed by atoms with Crippen molar-refractivity contribution in [3.8, 4) is 23.0 Å². The molecule has 2 aromatic heterocycles. The summed E-state index contributed by atoms with van der Waals surface area (Å²) >= 11 is 11.9. The van der Waals surface area contributed by atoms with Gasteiger partial charge in [-0.25, -0.2) is 33.5 Å². The third kappa shape index (κ3) is 13.0.